The third-order valence-corrected chi connectivity index (χ3v) is 10.5. The first-order valence-corrected chi connectivity index (χ1v) is 13.6. The van der Waals surface area contributed by atoms with Gasteiger partial charge in [0.2, 0.25) is 11.8 Å². The summed E-state index contributed by atoms with van der Waals surface area (Å²) >= 11 is 2.88. The molecule has 1 aromatic carbocycles. The fourth-order valence-electron chi connectivity index (χ4n) is 6.85. The molecule has 3 heterocycles. The number of fused-ring (bicyclic) bond motifs is 9. The van der Waals surface area contributed by atoms with Crippen LogP contribution in [0.5, 0.6) is 5.75 Å². The van der Waals surface area contributed by atoms with Gasteiger partial charge in [0, 0.05) is 16.0 Å². The van der Waals surface area contributed by atoms with Gasteiger partial charge in [-0.2, -0.15) is 0 Å². The van der Waals surface area contributed by atoms with Gasteiger partial charge in [0.1, 0.15) is 12.3 Å². The number of aromatic nitrogens is 1. The molecule has 2 amide bonds. The predicted octanol–water partition coefficient (Wildman–Crippen LogP) is 2.87. The van der Waals surface area contributed by atoms with Gasteiger partial charge in [-0.1, -0.05) is 23.5 Å². The lowest BCUT2D eigenvalue weighted by Crippen LogP contribution is -2.42. The molecule has 0 radical (unpaired) electrons. The van der Waals surface area contributed by atoms with Crippen molar-refractivity contribution in [2.45, 2.75) is 42.6 Å². The summed E-state index contributed by atoms with van der Waals surface area (Å²) in [6, 6.07) is 7.90. The molecule has 2 aliphatic carbocycles. The Labute approximate surface area is 210 Å². The first-order chi connectivity index (χ1) is 16.8. The van der Waals surface area contributed by atoms with E-state index in [9.17, 15) is 19.2 Å². The van der Waals surface area contributed by atoms with Gasteiger partial charge >= 0.3 is 10.8 Å². The van der Waals surface area contributed by atoms with Crippen molar-refractivity contribution >= 4 is 40.9 Å². The molecule has 8 nitrogen and oxygen atoms in total. The monoisotopic (exact) mass is 514 g/mol. The standard InChI is InChI=1S/C25H26N2O6S2/c1-10(2)33-15(28)9-27-23(29)18-13-8-14(19(18)24(27)30)20-17(13)16(11-4-6-12(32-3)7-5-11)21-22(34-20)26-25(31)35-21/h4-7,10,13-14,16-20H,8-9H2,1-3H3,(H,26,31). The number of hydrogen-bond donors (Lipinski definition) is 1. The van der Waals surface area contributed by atoms with Gasteiger partial charge in [0.05, 0.1) is 30.1 Å². The number of nitrogens with one attached hydrogen (secondary N) is 1. The topological polar surface area (TPSA) is 106 Å². The van der Waals surface area contributed by atoms with Gasteiger partial charge in [0.25, 0.3) is 0 Å². The van der Waals surface area contributed by atoms with Crippen LogP contribution in [-0.2, 0) is 19.1 Å². The predicted molar refractivity (Wildman–Crippen MR) is 129 cm³/mol. The summed E-state index contributed by atoms with van der Waals surface area (Å²) < 4.78 is 10.5. The molecule has 0 spiro atoms. The molecule has 1 N–H and O–H groups in total. The van der Waals surface area contributed by atoms with Crippen LogP contribution in [-0.4, -0.2) is 52.7 Å². The van der Waals surface area contributed by atoms with E-state index in [1.54, 1.807) is 32.7 Å². The van der Waals surface area contributed by atoms with Gasteiger partial charge in [-0.25, -0.2) is 0 Å². The zero-order chi connectivity index (χ0) is 24.6. The van der Waals surface area contributed by atoms with Crippen molar-refractivity contribution in [1.29, 1.82) is 0 Å². The fraction of sp³-hybridized carbons (Fsp3) is 0.520. The van der Waals surface area contributed by atoms with E-state index in [-0.39, 0.29) is 58.3 Å². The van der Waals surface area contributed by atoms with Gasteiger partial charge in [0.15, 0.2) is 0 Å². The highest BCUT2D eigenvalue weighted by molar-refractivity contribution is 8.00. The summed E-state index contributed by atoms with van der Waals surface area (Å²) in [5.74, 6) is -1.000. The molecule has 1 saturated heterocycles. The average molecular weight is 515 g/mol. The smallest absolute Gasteiger partial charge is 0.326 e. The van der Waals surface area contributed by atoms with Crippen LogP contribution in [0.3, 0.4) is 0 Å². The van der Waals surface area contributed by atoms with Crippen molar-refractivity contribution in [1.82, 2.24) is 9.88 Å². The number of ether oxygens (including phenoxy) is 2. The van der Waals surface area contributed by atoms with Crippen molar-refractivity contribution in [3.05, 3.63) is 44.4 Å². The number of benzene rings is 1. The van der Waals surface area contributed by atoms with E-state index in [0.717, 1.165) is 32.5 Å². The quantitative estimate of drug-likeness (QED) is 0.483. The van der Waals surface area contributed by atoms with Crippen molar-refractivity contribution in [2.75, 3.05) is 13.7 Å². The van der Waals surface area contributed by atoms with E-state index < -0.39 is 17.8 Å². The normalized spacial score (nSPS) is 32.6. The largest absolute Gasteiger partial charge is 0.497 e. The summed E-state index contributed by atoms with van der Waals surface area (Å²) in [6.45, 7) is 3.16. The molecular formula is C25H26N2O6S2. The van der Waals surface area contributed by atoms with Crippen LogP contribution >= 0.6 is 23.1 Å². The Morgan fingerprint density at radius 2 is 1.80 bits per heavy atom. The van der Waals surface area contributed by atoms with Crippen LogP contribution in [0.1, 0.15) is 36.6 Å². The Balaban J connectivity index is 1.36. The lowest BCUT2D eigenvalue weighted by Gasteiger charge is -2.43. The number of esters is 1. The molecule has 7 atom stereocenters. The van der Waals surface area contributed by atoms with Crippen molar-refractivity contribution in [3.8, 4) is 5.75 Å². The van der Waals surface area contributed by atoms with E-state index in [2.05, 4.69) is 4.98 Å². The third kappa shape index (κ3) is 3.40. The molecule has 6 rings (SSSR count). The summed E-state index contributed by atoms with van der Waals surface area (Å²) in [7, 11) is 1.62. The van der Waals surface area contributed by atoms with Gasteiger partial charge in [-0.15, -0.1) is 11.8 Å². The number of carbonyl (C=O) groups is 3. The highest BCUT2D eigenvalue weighted by atomic mass is 32.2. The highest BCUT2D eigenvalue weighted by Crippen LogP contribution is 2.68. The van der Waals surface area contributed by atoms with E-state index >= 15 is 0 Å². The fourth-order valence-corrected chi connectivity index (χ4v) is 9.74. The van der Waals surface area contributed by atoms with Crippen LogP contribution < -0.4 is 9.61 Å². The number of aromatic amines is 1. The molecule has 2 aliphatic heterocycles. The van der Waals surface area contributed by atoms with Crippen molar-refractivity contribution in [3.63, 3.8) is 0 Å². The van der Waals surface area contributed by atoms with Crippen LogP contribution in [0.25, 0.3) is 0 Å². The van der Waals surface area contributed by atoms with Gasteiger partial charge in [-0.3, -0.25) is 24.1 Å². The van der Waals surface area contributed by atoms with Crippen molar-refractivity contribution < 1.29 is 23.9 Å². The Kier molecular flexibility index (Phi) is 5.37. The molecule has 7 unspecified atom stereocenters. The molecule has 2 aromatic rings. The number of rotatable bonds is 5. The highest BCUT2D eigenvalue weighted by Gasteiger charge is 2.69. The molecule has 35 heavy (non-hydrogen) atoms. The number of thiazole rings is 1. The second-order valence-corrected chi connectivity index (χ2v) is 12.2. The second-order valence-electron chi connectivity index (χ2n) is 10.0. The number of methoxy groups -OCH3 is 1. The Morgan fingerprint density at radius 1 is 1.11 bits per heavy atom. The van der Waals surface area contributed by atoms with Crippen LogP contribution in [0.15, 0.2) is 34.1 Å². The molecule has 1 aromatic heterocycles. The number of carbonyl (C=O) groups excluding carboxylic acids is 3. The Bertz CT molecular complexity index is 1270. The lowest BCUT2D eigenvalue weighted by atomic mass is 9.68. The zero-order valence-electron chi connectivity index (χ0n) is 19.6. The Hall–Kier alpha value is -2.59. The first kappa shape index (κ1) is 22.8. The lowest BCUT2D eigenvalue weighted by molar-refractivity contribution is -0.155. The SMILES string of the molecule is COc1ccc(C2c3sc(=O)[nH]c3SC3C4CC(C5C(=O)N(CC(=O)OC(C)C)C(=O)C45)C23)cc1. The summed E-state index contributed by atoms with van der Waals surface area (Å²) in [6.07, 6.45) is 0.502. The summed E-state index contributed by atoms with van der Waals surface area (Å²) in [5, 5.41) is 0.991. The first-order valence-electron chi connectivity index (χ1n) is 11.9. The minimum absolute atomic E-state index is 0.0162. The maximum Gasteiger partial charge on any atom is 0.326 e. The van der Waals surface area contributed by atoms with Crippen molar-refractivity contribution in [2.24, 2.45) is 29.6 Å². The number of imide groups is 1. The summed E-state index contributed by atoms with van der Waals surface area (Å²) in [5.41, 5.74) is 1.08. The molecule has 2 bridgehead atoms. The minimum atomic E-state index is -0.559. The molecule has 4 aliphatic rings. The molecular weight excluding hydrogens is 488 g/mol. The Morgan fingerprint density at radius 3 is 2.46 bits per heavy atom. The second kappa shape index (κ2) is 8.23. The van der Waals surface area contributed by atoms with E-state index in [1.165, 1.54) is 11.3 Å². The number of thioether (sulfide) groups is 1. The molecule has 10 heteroatoms. The number of amides is 2. The number of likely N-dealkylation sites (tertiary alicyclic amines) is 1. The zero-order valence-corrected chi connectivity index (χ0v) is 21.2. The number of nitrogens with zero attached hydrogens (tertiary/aromatic N) is 1. The number of hydrogen-bond acceptors (Lipinski definition) is 8. The third-order valence-electron chi connectivity index (χ3n) is 7.94. The van der Waals surface area contributed by atoms with Crippen LogP contribution in [0.2, 0.25) is 0 Å². The molecule has 3 fully saturated rings. The maximum absolute atomic E-state index is 13.5. The minimum Gasteiger partial charge on any atom is -0.497 e. The average Bonchev–Trinajstić information content (AvgIpc) is 3.54. The maximum atomic E-state index is 13.5. The summed E-state index contributed by atoms with van der Waals surface area (Å²) in [4.78, 5) is 56.5. The number of H-pyrrole nitrogens is 1. The van der Waals surface area contributed by atoms with Crippen LogP contribution in [0.4, 0.5) is 0 Å². The van der Waals surface area contributed by atoms with E-state index in [0.29, 0.717) is 0 Å². The molecule has 2 saturated carbocycles. The van der Waals surface area contributed by atoms with Gasteiger partial charge in [-0.05, 0) is 55.7 Å². The molecule has 184 valence electrons. The van der Waals surface area contributed by atoms with E-state index in [4.69, 9.17) is 9.47 Å². The van der Waals surface area contributed by atoms with Gasteiger partial charge < -0.3 is 14.5 Å². The van der Waals surface area contributed by atoms with E-state index in [1.807, 2.05) is 24.3 Å². The van der Waals surface area contributed by atoms with Crippen LogP contribution in [0, 0.1) is 29.6 Å².